The number of hydrogen-bond donors (Lipinski definition) is 2. The Kier molecular flexibility index (Phi) is 10.6. The summed E-state index contributed by atoms with van der Waals surface area (Å²) in [5.74, 6) is 4.09. The van der Waals surface area contributed by atoms with Crippen LogP contribution in [0.3, 0.4) is 0 Å². The van der Waals surface area contributed by atoms with Crippen molar-refractivity contribution < 1.29 is 9.47 Å². The van der Waals surface area contributed by atoms with Crippen molar-refractivity contribution in [2.45, 2.75) is 21.8 Å². The van der Waals surface area contributed by atoms with Gasteiger partial charge in [0.1, 0.15) is 21.5 Å². The van der Waals surface area contributed by atoms with E-state index in [4.69, 9.17) is 9.47 Å². The number of aromatic amines is 2. The molecule has 0 amide bonds. The molecule has 7 rings (SSSR count). The van der Waals surface area contributed by atoms with Gasteiger partial charge in [-0.2, -0.15) is 0 Å². The summed E-state index contributed by atoms with van der Waals surface area (Å²) in [6.07, 6.45) is 3.51. The zero-order valence-corrected chi connectivity index (χ0v) is 29.7. The number of rotatable bonds is 14. The predicted molar refractivity (Wildman–Crippen MR) is 197 cm³/mol. The molecule has 14 nitrogen and oxygen atoms in total. The van der Waals surface area contributed by atoms with Crippen LogP contribution in [0.5, 0.6) is 11.5 Å². The third kappa shape index (κ3) is 8.64. The fraction of sp³-hybridized carbons (Fsp3) is 0.125. The van der Waals surface area contributed by atoms with Crippen LogP contribution < -0.4 is 9.47 Å². The van der Waals surface area contributed by atoms with Crippen molar-refractivity contribution in [3.05, 3.63) is 93.9 Å². The van der Waals surface area contributed by atoms with Crippen LogP contribution in [-0.4, -0.2) is 77.4 Å². The normalized spacial score (nSPS) is 11.6. The molecule has 0 radical (unpaired) electrons. The van der Waals surface area contributed by atoms with E-state index < -0.39 is 0 Å². The Morgan fingerprint density at radius 3 is 1.42 bits per heavy atom. The molecule has 0 aliphatic rings. The average Bonchev–Trinajstić information content (AvgIpc) is 4.00. The highest BCUT2D eigenvalue weighted by Gasteiger charge is 2.12. The van der Waals surface area contributed by atoms with Gasteiger partial charge in [-0.3, -0.25) is 10.2 Å². The number of benzene rings is 3. The molecule has 0 bridgehead atoms. The standard InChI is InChI=1S/C32H26N12O2S4/c1-45-23-11-3-19(4-12-23)15-33-29-41-37-25(49-29)17-47-31-35-27(39-43-31)21-7-9-22(10-8-21)28-36-32(44-40-28)48-18-26-38-42-30(50-26)34-16-20-5-13-24(46-2)14-6-20/h3-16H,17-18H2,1-2H3,(H,35,39,43)(H,36,40,44)/b33-15+,34-16+. The highest BCUT2D eigenvalue weighted by Crippen LogP contribution is 2.29. The Bertz CT molecular complexity index is 2050. The number of hydrogen-bond acceptors (Lipinski definition) is 16. The molecule has 4 heterocycles. The minimum atomic E-state index is 0.580. The number of H-pyrrole nitrogens is 2. The summed E-state index contributed by atoms with van der Waals surface area (Å²) in [7, 11) is 3.28. The van der Waals surface area contributed by atoms with Gasteiger partial charge in [0.2, 0.25) is 20.6 Å². The first-order chi connectivity index (χ1) is 24.6. The number of thioether (sulfide) groups is 2. The molecule has 3 aromatic carbocycles. The van der Waals surface area contributed by atoms with E-state index in [0.717, 1.165) is 43.8 Å². The predicted octanol–water partition coefficient (Wildman–Crippen LogP) is 7.06. The number of aromatic nitrogens is 10. The summed E-state index contributed by atoms with van der Waals surface area (Å²) < 4.78 is 10.4. The molecule has 0 atom stereocenters. The van der Waals surface area contributed by atoms with Crippen molar-refractivity contribution in [3.63, 3.8) is 0 Å². The quantitative estimate of drug-likeness (QED) is 0.0859. The van der Waals surface area contributed by atoms with E-state index in [0.29, 0.717) is 43.7 Å². The topological polar surface area (TPSA) is 178 Å². The highest BCUT2D eigenvalue weighted by atomic mass is 32.2. The van der Waals surface area contributed by atoms with Gasteiger partial charge in [0.15, 0.2) is 11.6 Å². The second-order valence-corrected chi connectivity index (χ2v) is 14.1. The largest absolute Gasteiger partial charge is 0.497 e. The van der Waals surface area contributed by atoms with Gasteiger partial charge >= 0.3 is 0 Å². The van der Waals surface area contributed by atoms with E-state index in [1.807, 2.05) is 72.8 Å². The first-order valence-corrected chi connectivity index (χ1v) is 18.4. The Hall–Kier alpha value is -5.30. The van der Waals surface area contributed by atoms with Crippen LogP contribution in [0.25, 0.3) is 22.8 Å². The van der Waals surface area contributed by atoms with Crippen LogP contribution in [0.4, 0.5) is 10.3 Å². The average molecular weight is 739 g/mol. The van der Waals surface area contributed by atoms with Crippen molar-refractivity contribution in [1.82, 2.24) is 50.8 Å². The van der Waals surface area contributed by atoms with Crippen LogP contribution in [0.2, 0.25) is 0 Å². The lowest BCUT2D eigenvalue weighted by Gasteiger charge is -1.99. The molecule has 0 fully saturated rings. The van der Waals surface area contributed by atoms with Crippen molar-refractivity contribution in [2.75, 3.05) is 14.2 Å². The monoisotopic (exact) mass is 738 g/mol. The zero-order chi connectivity index (χ0) is 34.1. The molecule has 50 heavy (non-hydrogen) atoms. The van der Waals surface area contributed by atoms with Gasteiger partial charge in [-0.05, 0) is 59.7 Å². The molecule has 0 saturated heterocycles. The first kappa shape index (κ1) is 33.2. The van der Waals surface area contributed by atoms with Crippen LogP contribution >= 0.6 is 46.2 Å². The molecule has 0 aliphatic heterocycles. The molecule has 0 aliphatic carbocycles. The zero-order valence-electron chi connectivity index (χ0n) is 26.4. The molecule has 2 N–H and O–H groups in total. The minimum Gasteiger partial charge on any atom is -0.497 e. The second kappa shape index (κ2) is 15.9. The van der Waals surface area contributed by atoms with E-state index >= 15 is 0 Å². The first-order valence-electron chi connectivity index (χ1n) is 14.8. The van der Waals surface area contributed by atoms with E-state index in [2.05, 4.69) is 60.7 Å². The van der Waals surface area contributed by atoms with E-state index in [1.54, 1.807) is 26.6 Å². The van der Waals surface area contributed by atoms with E-state index in [9.17, 15) is 0 Å². The molecule has 18 heteroatoms. The number of aliphatic imine (C=N–C) groups is 2. The Balaban J connectivity index is 0.887. The second-order valence-electron chi connectivity index (χ2n) is 10.1. The van der Waals surface area contributed by atoms with Gasteiger partial charge < -0.3 is 9.47 Å². The van der Waals surface area contributed by atoms with Crippen LogP contribution in [-0.2, 0) is 11.5 Å². The van der Waals surface area contributed by atoms with E-state index in [1.165, 1.54) is 46.2 Å². The fourth-order valence-electron chi connectivity index (χ4n) is 4.27. The van der Waals surface area contributed by atoms with Gasteiger partial charge in [0.05, 0.1) is 25.7 Å². The Labute approximate surface area is 302 Å². The summed E-state index contributed by atoms with van der Waals surface area (Å²) in [6, 6.07) is 23.1. The van der Waals surface area contributed by atoms with Gasteiger partial charge in [0.25, 0.3) is 0 Å². The maximum absolute atomic E-state index is 5.19. The molecule has 0 unspecified atom stereocenters. The molecular weight excluding hydrogens is 713 g/mol. The molecule has 7 aromatic rings. The maximum Gasteiger partial charge on any atom is 0.231 e. The van der Waals surface area contributed by atoms with Gasteiger partial charge in [0, 0.05) is 23.6 Å². The third-order valence-electron chi connectivity index (χ3n) is 6.80. The van der Waals surface area contributed by atoms with Crippen molar-refractivity contribution in [1.29, 1.82) is 0 Å². The lowest BCUT2D eigenvalue weighted by Crippen LogP contribution is -1.84. The number of nitrogens with one attached hydrogen (secondary N) is 2. The summed E-state index contributed by atoms with van der Waals surface area (Å²) >= 11 is 5.81. The van der Waals surface area contributed by atoms with Gasteiger partial charge in [-0.1, -0.05) is 70.5 Å². The fourth-order valence-corrected chi connectivity index (χ4v) is 7.21. The number of methoxy groups -OCH3 is 2. The van der Waals surface area contributed by atoms with Crippen LogP contribution in [0.1, 0.15) is 21.1 Å². The van der Waals surface area contributed by atoms with Crippen molar-refractivity contribution >= 4 is 68.9 Å². The summed E-state index contributed by atoms with van der Waals surface area (Å²) in [5.41, 5.74) is 3.70. The Morgan fingerprint density at radius 1 is 0.600 bits per heavy atom. The lowest BCUT2D eigenvalue weighted by molar-refractivity contribution is 0.414. The summed E-state index contributed by atoms with van der Waals surface area (Å²) in [5, 5.41) is 35.6. The number of ether oxygens (including phenoxy) is 2. The molecule has 0 saturated carbocycles. The Morgan fingerprint density at radius 2 is 1.02 bits per heavy atom. The smallest absolute Gasteiger partial charge is 0.231 e. The lowest BCUT2D eigenvalue weighted by atomic mass is 10.1. The maximum atomic E-state index is 5.19. The summed E-state index contributed by atoms with van der Waals surface area (Å²) in [4.78, 5) is 18.1. The van der Waals surface area contributed by atoms with Crippen molar-refractivity contribution in [3.8, 4) is 34.3 Å². The molecule has 0 spiro atoms. The van der Waals surface area contributed by atoms with Gasteiger partial charge in [-0.15, -0.1) is 30.6 Å². The van der Waals surface area contributed by atoms with E-state index in [-0.39, 0.29) is 0 Å². The molecule has 4 aromatic heterocycles. The molecule has 250 valence electrons. The van der Waals surface area contributed by atoms with Crippen LogP contribution in [0, 0.1) is 0 Å². The third-order valence-corrected chi connectivity index (χ3v) is 10.5. The summed E-state index contributed by atoms with van der Waals surface area (Å²) in [6.45, 7) is 0. The van der Waals surface area contributed by atoms with Crippen molar-refractivity contribution in [2.24, 2.45) is 9.98 Å². The SMILES string of the molecule is COc1ccc(/C=N/c2nnc(CSc3n[nH]c(-c4ccc(-c5nc(SCc6nnc(/N=C/c7ccc(OC)cc7)s6)n[nH]5)cc4)n3)s2)cc1. The number of nitrogens with zero attached hydrogens (tertiary/aromatic N) is 10. The minimum absolute atomic E-state index is 0.580. The van der Waals surface area contributed by atoms with Crippen LogP contribution in [0.15, 0.2) is 93.1 Å². The molecular formula is C32H26N12O2S4. The highest BCUT2D eigenvalue weighted by molar-refractivity contribution is 7.98. The van der Waals surface area contributed by atoms with Gasteiger partial charge in [-0.25, -0.2) is 20.0 Å².